The highest BCUT2D eigenvalue weighted by Crippen LogP contribution is 2.29. The van der Waals surface area contributed by atoms with E-state index in [0.717, 1.165) is 16.8 Å². The Kier molecular flexibility index (Phi) is 6.79. The molecule has 0 saturated carbocycles. The second kappa shape index (κ2) is 9.13. The van der Waals surface area contributed by atoms with E-state index >= 15 is 0 Å². The molecule has 1 heterocycles. The van der Waals surface area contributed by atoms with E-state index in [2.05, 4.69) is 5.32 Å². The van der Waals surface area contributed by atoms with E-state index in [9.17, 15) is 13.2 Å². The number of halogens is 1. The molecule has 3 rings (SSSR count). The zero-order valence-electron chi connectivity index (χ0n) is 16.3. The lowest BCUT2D eigenvalue weighted by molar-refractivity contribution is -0.118. The Hall–Kier alpha value is -2.13. The minimum atomic E-state index is -3.65. The molecule has 0 bridgehead atoms. The molecule has 1 aliphatic rings. The Labute approximate surface area is 175 Å². The first-order chi connectivity index (χ1) is 13.8. The van der Waals surface area contributed by atoms with Crippen molar-refractivity contribution in [2.75, 3.05) is 38.2 Å². The largest absolute Gasteiger partial charge is 0.482 e. The number of nitrogens with one attached hydrogen (secondary N) is 1. The SMILES string of the molecule is Cc1cccc(C)c1NC(=O)COc1ccc(S(=O)(=O)N2CCOCC2)cc1Cl. The number of hydrogen-bond donors (Lipinski definition) is 1. The summed E-state index contributed by atoms with van der Waals surface area (Å²) in [6, 6.07) is 9.97. The Morgan fingerprint density at radius 2 is 1.83 bits per heavy atom. The number of sulfonamides is 1. The van der Waals surface area contributed by atoms with Gasteiger partial charge in [0.2, 0.25) is 10.0 Å². The minimum absolute atomic E-state index is 0.0803. The van der Waals surface area contributed by atoms with Crippen molar-refractivity contribution in [2.24, 2.45) is 0 Å². The highest BCUT2D eigenvalue weighted by Gasteiger charge is 2.27. The van der Waals surface area contributed by atoms with Crippen molar-refractivity contribution in [1.29, 1.82) is 0 Å². The van der Waals surface area contributed by atoms with Gasteiger partial charge in [0.1, 0.15) is 5.75 Å². The van der Waals surface area contributed by atoms with Crippen molar-refractivity contribution >= 4 is 33.2 Å². The predicted molar refractivity (Wildman–Crippen MR) is 111 cm³/mol. The van der Waals surface area contributed by atoms with Crippen LogP contribution in [-0.4, -0.2) is 51.5 Å². The molecule has 0 spiro atoms. The molecule has 7 nitrogen and oxygen atoms in total. The number of amides is 1. The van der Waals surface area contributed by atoms with Crippen LogP contribution in [0.4, 0.5) is 5.69 Å². The van der Waals surface area contributed by atoms with Crippen molar-refractivity contribution < 1.29 is 22.7 Å². The number of anilines is 1. The van der Waals surface area contributed by atoms with Crippen molar-refractivity contribution in [3.63, 3.8) is 0 Å². The van der Waals surface area contributed by atoms with E-state index in [-0.39, 0.29) is 28.2 Å². The number of rotatable bonds is 6. The maximum absolute atomic E-state index is 12.7. The van der Waals surface area contributed by atoms with Gasteiger partial charge in [0.25, 0.3) is 5.91 Å². The molecule has 9 heteroatoms. The van der Waals surface area contributed by atoms with Gasteiger partial charge in [-0.15, -0.1) is 0 Å². The molecule has 2 aromatic rings. The quantitative estimate of drug-likeness (QED) is 0.749. The molecule has 1 N–H and O–H groups in total. The third-order valence-electron chi connectivity index (χ3n) is 4.62. The monoisotopic (exact) mass is 438 g/mol. The van der Waals surface area contributed by atoms with Crippen LogP contribution >= 0.6 is 11.6 Å². The standard InChI is InChI=1S/C20H23ClN2O5S/c1-14-4-3-5-15(2)20(14)22-19(24)13-28-18-7-6-16(12-17(18)21)29(25,26)23-8-10-27-11-9-23/h3-7,12H,8-11,13H2,1-2H3,(H,22,24). The molecule has 0 aromatic heterocycles. The lowest BCUT2D eigenvalue weighted by atomic mass is 10.1. The van der Waals surface area contributed by atoms with Crippen LogP contribution in [0.3, 0.4) is 0 Å². The highest BCUT2D eigenvalue weighted by atomic mass is 35.5. The molecule has 1 fully saturated rings. The zero-order chi connectivity index (χ0) is 21.0. The first kappa shape index (κ1) is 21.6. The molecule has 0 unspecified atom stereocenters. The van der Waals surface area contributed by atoms with Crippen LogP contribution in [0.15, 0.2) is 41.3 Å². The van der Waals surface area contributed by atoms with Crippen molar-refractivity contribution in [2.45, 2.75) is 18.7 Å². The number of ether oxygens (including phenoxy) is 2. The van der Waals surface area contributed by atoms with E-state index < -0.39 is 10.0 Å². The van der Waals surface area contributed by atoms with Gasteiger partial charge in [-0.25, -0.2) is 8.42 Å². The summed E-state index contributed by atoms with van der Waals surface area (Å²) in [6.07, 6.45) is 0. The summed E-state index contributed by atoms with van der Waals surface area (Å²) in [6.45, 7) is 4.91. The number of hydrogen-bond acceptors (Lipinski definition) is 5. The van der Waals surface area contributed by atoms with Gasteiger partial charge in [-0.1, -0.05) is 29.8 Å². The molecular weight excluding hydrogens is 416 g/mol. The summed E-state index contributed by atoms with van der Waals surface area (Å²) in [5.41, 5.74) is 2.65. The van der Waals surface area contributed by atoms with Crippen LogP contribution in [0.25, 0.3) is 0 Å². The summed E-state index contributed by atoms with van der Waals surface area (Å²) in [5, 5.41) is 2.95. The Balaban J connectivity index is 1.65. The normalized spacial score (nSPS) is 15.1. The number of carbonyl (C=O) groups is 1. The number of morpholine rings is 1. The predicted octanol–water partition coefficient (Wildman–Crippen LogP) is 3.00. The number of aryl methyl sites for hydroxylation is 2. The molecule has 0 aliphatic carbocycles. The maximum atomic E-state index is 12.7. The van der Waals surface area contributed by atoms with Crippen LogP contribution in [0, 0.1) is 13.8 Å². The molecule has 1 saturated heterocycles. The summed E-state index contributed by atoms with van der Waals surface area (Å²) in [4.78, 5) is 12.3. The smallest absolute Gasteiger partial charge is 0.262 e. The summed E-state index contributed by atoms with van der Waals surface area (Å²) >= 11 is 6.20. The molecule has 156 valence electrons. The number of nitrogens with zero attached hydrogens (tertiary/aromatic N) is 1. The average Bonchev–Trinajstić information content (AvgIpc) is 2.70. The van der Waals surface area contributed by atoms with Gasteiger partial charge >= 0.3 is 0 Å². The van der Waals surface area contributed by atoms with Gasteiger partial charge in [-0.3, -0.25) is 4.79 Å². The molecule has 29 heavy (non-hydrogen) atoms. The number of benzene rings is 2. The first-order valence-corrected chi connectivity index (χ1v) is 11.0. The van der Waals surface area contributed by atoms with Gasteiger partial charge in [0.05, 0.1) is 23.1 Å². The van der Waals surface area contributed by atoms with Gasteiger partial charge in [-0.2, -0.15) is 4.31 Å². The van der Waals surface area contributed by atoms with Crippen molar-refractivity contribution in [3.8, 4) is 5.75 Å². The van der Waals surface area contributed by atoms with E-state index in [1.165, 1.54) is 22.5 Å². The van der Waals surface area contributed by atoms with Crippen molar-refractivity contribution in [3.05, 3.63) is 52.5 Å². The molecule has 0 radical (unpaired) electrons. The van der Waals surface area contributed by atoms with Crippen LogP contribution in [0.2, 0.25) is 5.02 Å². The molecule has 1 aliphatic heterocycles. The fourth-order valence-electron chi connectivity index (χ4n) is 3.03. The second-order valence-corrected chi connectivity index (χ2v) is 9.06. The maximum Gasteiger partial charge on any atom is 0.262 e. The first-order valence-electron chi connectivity index (χ1n) is 9.15. The number of carbonyl (C=O) groups excluding carboxylic acids is 1. The summed E-state index contributed by atoms with van der Waals surface area (Å²) in [5.74, 6) is -0.0901. The van der Waals surface area contributed by atoms with Crippen LogP contribution in [-0.2, 0) is 19.6 Å². The summed E-state index contributed by atoms with van der Waals surface area (Å²) < 4.78 is 37.4. The highest BCUT2D eigenvalue weighted by molar-refractivity contribution is 7.89. The Morgan fingerprint density at radius 3 is 2.45 bits per heavy atom. The fourth-order valence-corrected chi connectivity index (χ4v) is 4.76. The molecule has 2 aromatic carbocycles. The van der Waals surface area contributed by atoms with Gasteiger partial charge in [0, 0.05) is 18.8 Å². The van der Waals surface area contributed by atoms with E-state index in [0.29, 0.717) is 26.3 Å². The molecule has 1 amide bonds. The number of para-hydroxylation sites is 1. The third-order valence-corrected chi connectivity index (χ3v) is 6.81. The molecular formula is C20H23ClN2O5S. The summed E-state index contributed by atoms with van der Waals surface area (Å²) in [7, 11) is -3.65. The third kappa shape index (κ3) is 5.08. The van der Waals surface area contributed by atoms with Gasteiger partial charge in [-0.05, 0) is 43.2 Å². The van der Waals surface area contributed by atoms with E-state index in [1.54, 1.807) is 0 Å². The second-order valence-electron chi connectivity index (χ2n) is 6.71. The van der Waals surface area contributed by atoms with E-state index in [1.807, 2.05) is 32.0 Å². The van der Waals surface area contributed by atoms with E-state index in [4.69, 9.17) is 21.1 Å². The van der Waals surface area contributed by atoms with Crippen LogP contribution in [0.1, 0.15) is 11.1 Å². The van der Waals surface area contributed by atoms with Crippen LogP contribution < -0.4 is 10.1 Å². The van der Waals surface area contributed by atoms with Crippen molar-refractivity contribution in [1.82, 2.24) is 4.31 Å². The van der Waals surface area contributed by atoms with Gasteiger partial charge in [0.15, 0.2) is 6.61 Å². The fraction of sp³-hybridized carbons (Fsp3) is 0.350. The Morgan fingerprint density at radius 1 is 1.17 bits per heavy atom. The van der Waals surface area contributed by atoms with Crippen LogP contribution in [0.5, 0.6) is 5.75 Å². The van der Waals surface area contributed by atoms with Gasteiger partial charge < -0.3 is 14.8 Å². The lowest BCUT2D eigenvalue weighted by Gasteiger charge is -2.26. The minimum Gasteiger partial charge on any atom is -0.482 e. The zero-order valence-corrected chi connectivity index (χ0v) is 17.8. The Bertz CT molecular complexity index is 984. The lowest BCUT2D eigenvalue weighted by Crippen LogP contribution is -2.40. The topological polar surface area (TPSA) is 84.9 Å². The molecule has 0 atom stereocenters. The average molecular weight is 439 g/mol.